The van der Waals surface area contributed by atoms with Crippen LogP contribution in [0.4, 0.5) is 10.1 Å². The van der Waals surface area contributed by atoms with Gasteiger partial charge in [-0.3, -0.25) is 9.36 Å². The van der Waals surface area contributed by atoms with Gasteiger partial charge in [0.1, 0.15) is 17.4 Å². The molecule has 29 heavy (non-hydrogen) atoms. The first kappa shape index (κ1) is 19.2. The van der Waals surface area contributed by atoms with E-state index in [4.69, 9.17) is 11.6 Å². The number of halogens is 2. The van der Waals surface area contributed by atoms with Gasteiger partial charge < -0.3 is 10.4 Å². The number of phenolic OH excluding ortho intramolecular Hbond substituents is 1. The number of amides is 1. The molecule has 1 aliphatic rings. The lowest BCUT2D eigenvalue weighted by molar-refractivity contribution is 0.102. The van der Waals surface area contributed by atoms with Crippen LogP contribution in [-0.2, 0) is 13.0 Å². The van der Waals surface area contributed by atoms with E-state index in [0.29, 0.717) is 30.0 Å². The van der Waals surface area contributed by atoms with Crippen LogP contribution in [0.15, 0.2) is 35.1 Å². The smallest absolute Gasteiger partial charge is 0.350 e. The summed E-state index contributed by atoms with van der Waals surface area (Å²) in [5.41, 5.74) is 0.745. The Kier molecular flexibility index (Phi) is 4.87. The quantitative estimate of drug-likeness (QED) is 0.684. The SMILES string of the molecule is Cc1cc(F)ccc1NC(=O)c1cc(Cl)c(-n2nc3n(c2=O)CCCC3)cc1O. The molecule has 0 atom stereocenters. The number of nitrogens with one attached hydrogen (secondary N) is 1. The molecule has 150 valence electrons. The third kappa shape index (κ3) is 3.51. The topological polar surface area (TPSA) is 89.2 Å². The van der Waals surface area contributed by atoms with Gasteiger partial charge in [0.05, 0.1) is 16.3 Å². The van der Waals surface area contributed by atoms with Crippen molar-refractivity contribution < 1.29 is 14.3 Å². The highest BCUT2D eigenvalue weighted by molar-refractivity contribution is 6.33. The Balaban J connectivity index is 1.68. The first-order valence-electron chi connectivity index (χ1n) is 9.14. The number of fused-ring (bicyclic) bond motifs is 1. The maximum Gasteiger partial charge on any atom is 0.350 e. The summed E-state index contributed by atoms with van der Waals surface area (Å²) in [6.45, 7) is 2.25. The van der Waals surface area contributed by atoms with Gasteiger partial charge >= 0.3 is 5.69 Å². The minimum atomic E-state index is -0.609. The molecule has 0 saturated heterocycles. The predicted octanol–water partition coefficient (Wildman–Crippen LogP) is 3.43. The first-order valence-corrected chi connectivity index (χ1v) is 9.52. The summed E-state index contributed by atoms with van der Waals surface area (Å²) in [7, 11) is 0. The summed E-state index contributed by atoms with van der Waals surface area (Å²) in [5, 5.41) is 17.4. The molecule has 9 heteroatoms. The van der Waals surface area contributed by atoms with Crippen molar-refractivity contribution in [3.05, 3.63) is 68.6 Å². The minimum Gasteiger partial charge on any atom is -0.507 e. The number of carbonyl (C=O) groups is 1. The van der Waals surface area contributed by atoms with Crippen LogP contribution in [0, 0.1) is 12.7 Å². The van der Waals surface area contributed by atoms with Gasteiger partial charge in [0.2, 0.25) is 0 Å². The van der Waals surface area contributed by atoms with E-state index in [0.717, 1.165) is 17.5 Å². The molecule has 2 aromatic carbocycles. The van der Waals surface area contributed by atoms with Gasteiger partial charge in [0, 0.05) is 24.7 Å². The second-order valence-electron chi connectivity index (χ2n) is 6.95. The average Bonchev–Trinajstić information content (AvgIpc) is 3.02. The van der Waals surface area contributed by atoms with Crippen LogP contribution >= 0.6 is 11.6 Å². The summed E-state index contributed by atoms with van der Waals surface area (Å²) in [6, 6.07) is 6.48. The van der Waals surface area contributed by atoms with Crippen LogP contribution in [0.3, 0.4) is 0 Å². The number of aryl methyl sites for hydroxylation is 2. The number of rotatable bonds is 3. The maximum atomic E-state index is 13.2. The van der Waals surface area contributed by atoms with Gasteiger partial charge in [-0.25, -0.2) is 9.18 Å². The third-order valence-corrected chi connectivity index (χ3v) is 5.25. The van der Waals surface area contributed by atoms with Gasteiger partial charge in [-0.15, -0.1) is 5.10 Å². The lowest BCUT2D eigenvalue weighted by Crippen LogP contribution is -2.26. The molecule has 0 fully saturated rings. The number of hydrogen-bond acceptors (Lipinski definition) is 4. The fraction of sp³-hybridized carbons (Fsp3) is 0.250. The Labute approximate surface area is 170 Å². The second kappa shape index (κ2) is 7.36. The number of carbonyl (C=O) groups excluding carboxylic acids is 1. The van der Waals surface area contributed by atoms with Crippen LogP contribution in [0.5, 0.6) is 5.75 Å². The Morgan fingerprint density at radius 2 is 2.07 bits per heavy atom. The van der Waals surface area contributed by atoms with E-state index >= 15 is 0 Å². The van der Waals surface area contributed by atoms with Crippen molar-refractivity contribution in [3.63, 3.8) is 0 Å². The van der Waals surface area contributed by atoms with Crippen molar-refractivity contribution in [1.82, 2.24) is 14.3 Å². The molecule has 1 aromatic heterocycles. The average molecular weight is 417 g/mol. The fourth-order valence-corrected chi connectivity index (χ4v) is 3.65. The number of phenols is 1. The van der Waals surface area contributed by atoms with E-state index in [1.165, 1.54) is 30.3 Å². The molecule has 1 amide bonds. The molecule has 3 aromatic rings. The highest BCUT2D eigenvalue weighted by atomic mass is 35.5. The van der Waals surface area contributed by atoms with E-state index in [9.17, 15) is 19.1 Å². The summed E-state index contributed by atoms with van der Waals surface area (Å²) in [4.78, 5) is 25.2. The van der Waals surface area contributed by atoms with Crippen molar-refractivity contribution in [2.45, 2.75) is 32.7 Å². The normalized spacial score (nSPS) is 13.2. The van der Waals surface area contributed by atoms with Crippen LogP contribution in [0.2, 0.25) is 5.02 Å². The number of nitrogens with zero attached hydrogens (tertiary/aromatic N) is 3. The van der Waals surface area contributed by atoms with Gasteiger partial charge in [-0.1, -0.05) is 11.6 Å². The van der Waals surface area contributed by atoms with E-state index < -0.39 is 11.7 Å². The molecular formula is C20H18ClFN4O3. The molecule has 0 unspecified atom stereocenters. The Morgan fingerprint density at radius 1 is 1.28 bits per heavy atom. The summed E-state index contributed by atoms with van der Waals surface area (Å²) < 4.78 is 16.0. The van der Waals surface area contributed by atoms with Crippen molar-refractivity contribution in [2.24, 2.45) is 0 Å². The first-order chi connectivity index (χ1) is 13.8. The second-order valence-corrected chi connectivity index (χ2v) is 7.36. The Morgan fingerprint density at radius 3 is 2.79 bits per heavy atom. The number of benzene rings is 2. The van der Waals surface area contributed by atoms with E-state index in [-0.39, 0.29) is 27.7 Å². The van der Waals surface area contributed by atoms with E-state index in [1.54, 1.807) is 11.5 Å². The summed E-state index contributed by atoms with van der Waals surface area (Å²) >= 11 is 6.32. The molecule has 2 N–H and O–H groups in total. The molecule has 2 heterocycles. The molecule has 0 saturated carbocycles. The zero-order chi connectivity index (χ0) is 20.7. The lowest BCUT2D eigenvalue weighted by Gasteiger charge is -2.11. The number of aromatic hydroxyl groups is 1. The Hall–Kier alpha value is -3.13. The fourth-order valence-electron chi connectivity index (χ4n) is 3.41. The van der Waals surface area contributed by atoms with Crippen molar-refractivity contribution >= 4 is 23.2 Å². The highest BCUT2D eigenvalue weighted by Crippen LogP contribution is 2.29. The lowest BCUT2D eigenvalue weighted by atomic mass is 10.1. The highest BCUT2D eigenvalue weighted by Gasteiger charge is 2.22. The molecule has 4 rings (SSSR count). The minimum absolute atomic E-state index is 0.0699. The van der Waals surface area contributed by atoms with Gasteiger partial charge in [0.15, 0.2) is 0 Å². The third-order valence-electron chi connectivity index (χ3n) is 4.95. The van der Waals surface area contributed by atoms with Crippen LogP contribution in [-0.4, -0.2) is 25.4 Å². The zero-order valence-corrected chi connectivity index (χ0v) is 16.3. The predicted molar refractivity (Wildman–Crippen MR) is 107 cm³/mol. The van der Waals surface area contributed by atoms with Crippen LogP contribution in [0.25, 0.3) is 5.69 Å². The van der Waals surface area contributed by atoms with E-state index in [1.807, 2.05) is 0 Å². The number of anilines is 1. The molecule has 1 aliphatic heterocycles. The Bertz CT molecular complexity index is 1190. The zero-order valence-electron chi connectivity index (χ0n) is 15.6. The van der Waals surface area contributed by atoms with Gasteiger partial charge in [-0.05, 0) is 49.6 Å². The molecule has 0 spiro atoms. The van der Waals surface area contributed by atoms with Crippen LogP contribution < -0.4 is 11.0 Å². The van der Waals surface area contributed by atoms with Crippen LogP contribution in [0.1, 0.15) is 34.6 Å². The molecule has 7 nitrogen and oxygen atoms in total. The van der Waals surface area contributed by atoms with Gasteiger partial charge in [0.25, 0.3) is 5.91 Å². The largest absolute Gasteiger partial charge is 0.507 e. The number of aromatic nitrogens is 3. The summed E-state index contributed by atoms with van der Waals surface area (Å²) in [6.07, 6.45) is 2.56. The van der Waals surface area contributed by atoms with Crippen molar-refractivity contribution in [2.75, 3.05) is 5.32 Å². The van der Waals surface area contributed by atoms with Gasteiger partial charge in [-0.2, -0.15) is 4.68 Å². The van der Waals surface area contributed by atoms with E-state index in [2.05, 4.69) is 10.4 Å². The van der Waals surface area contributed by atoms with Crippen molar-refractivity contribution in [3.8, 4) is 11.4 Å². The standard InChI is InChI=1S/C20H18ClFN4O3/c1-11-8-12(22)5-6-15(11)23-19(28)13-9-14(21)16(10-17(13)27)26-20(29)25-7-3-2-4-18(25)24-26/h5-6,8-10,27H,2-4,7H2,1H3,(H,23,28). The van der Waals surface area contributed by atoms with Crippen molar-refractivity contribution in [1.29, 1.82) is 0 Å². The number of hydrogen-bond donors (Lipinski definition) is 2. The maximum absolute atomic E-state index is 13.2. The molecule has 0 bridgehead atoms. The molecule has 0 radical (unpaired) electrons. The monoisotopic (exact) mass is 416 g/mol. The molecule has 0 aliphatic carbocycles. The summed E-state index contributed by atoms with van der Waals surface area (Å²) in [5.74, 6) is -0.698. The molecular weight excluding hydrogens is 399 g/mol.